The molecular weight excluding hydrogens is 374 g/mol. The fourth-order valence-electron chi connectivity index (χ4n) is 2.26. The first-order chi connectivity index (χ1) is 9.15. The van der Waals surface area contributed by atoms with Crippen LogP contribution in [0.15, 0.2) is 22.7 Å². The molecular formula is C14H17Br2NO2. The van der Waals surface area contributed by atoms with Gasteiger partial charge in [-0.05, 0) is 52.9 Å². The summed E-state index contributed by atoms with van der Waals surface area (Å²) in [5.41, 5.74) is 0.677. The average Bonchev–Trinajstić information content (AvgIpc) is 2.47. The van der Waals surface area contributed by atoms with Crippen molar-refractivity contribution in [3.63, 3.8) is 0 Å². The highest BCUT2D eigenvalue weighted by Gasteiger charge is 2.24. The zero-order valence-electron chi connectivity index (χ0n) is 10.9. The van der Waals surface area contributed by atoms with Gasteiger partial charge in [-0.15, -0.1) is 0 Å². The number of hydrogen-bond donors (Lipinski definition) is 0. The predicted molar refractivity (Wildman–Crippen MR) is 83.1 cm³/mol. The van der Waals surface area contributed by atoms with Crippen molar-refractivity contribution in [1.29, 1.82) is 0 Å². The Morgan fingerprint density at radius 3 is 2.68 bits per heavy atom. The van der Waals surface area contributed by atoms with E-state index in [2.05, 4.69) is 31.9 Å². The van der Waals surface area contributed by atoms with Crippen LogP contribution in [0.4, 0.5) is 0 Å². The molecule has 1 aromatic rings. The number of nitrogens with zero attached hydrogens (tertiary/aromatic N) is 1. The van der Waals surface area contributed by atoms with Gasteiger partial charge in [-0.1, -0.05) is 15.9 Å². The minimum absolute atomic E-state index is 0.0822. The third-order valence-corrected chi connectivity index (χ3v) is 5.13. The number of halogens is 2. The van der Waals surface area contributed by atoms with Crippen molar-refractivity contribution in [3.05, 3.63) is 28.2 Å². The number of methoxy groups -OCH3 is 1. The summed E-state index contributed by atoms with van der Waals surface area (Å²) >= 11 is 6.96. The topological polar surface area (TPSA) is 29.5 Å². The maximum atomic E-state index is 12.5. The summed E-state index contributed by atoms with van der Waals surface area (Å²) in [6.45, 7) is 1.66. The number of carbonyl (C=O) groups is 1. The second kappa shape index (κ2) is 6.75. The van der Waals surface area contributed by atoms with E-state index in [-0.39, 0.29) is 5.91 Å². The maximum Gasteiger partial charge on any atom is 0.255 e. The zero-order valence-corrected chi connectivity index (χ0v) is 14.0. The molecule has 0 aromatic heterocycles. The van der Waals surface area contributed by atoms with Gasteiger partial charge in [0.05, 0.1) is 12.7 Å². The van der Waals surface area contributed by atoms with Gasteiger partial charge in [0.15, 0.2) is 0 Å². The lowest BCUT2D eigenvalue weighted by molar-refractivity contribution is 0.0697. The van der Waals surface area contributed by atoms with Crippen LogP contribution in [0, 0.1) is 5.92 Å². The number of likely N-dealkylation sites (tertiary alicyclic amines) is 1. The van der Waals surface area contributed by atoms with E-state index in [4.69, 9.17) is 4.74 Å². The number of alkyl halides is 1. The van der Waals surface area contributed by atoms with Gasteiger partial charge in [0.2, 0.25) is 0 Å². The van der Waals surface area contributed by atoms with E-state index in [0.29, 0.717) is 17.2 Å². The van der Waals surface area contributed by atoms with Crippen molar-refractivity contribution in [3.8, 4) is 5.75 Å². The van der Waals surface area contributed by atoms with E-state index < -0.39 is 0 Å². The Morgan fingerprint density at radius 2 is 2.11 bits per heavy atom. The number of piperidine rings is 1. The molecule has 0 bridgehead atoms. The van der Waals surface area contributed by atoms with Crippen molar-refractivity contribution in [2.24, 2.45) is 5.92 Å². The fraction of sp³-hybridized carbons (Fsp3) is 0.500. The molecule has 0 atom stereocenters. The van der Waals surface area contributed by atoms with Crippen LogP contribution >= 0.6 is 31.9 Å². The number of rotatable bonds is 3. The van der Waals surface area contributed by atoms with Crippen LogP contribution in [0.5, 0.6) is 5.75 Å². The van der Waals surface area contributed by atoms with Gasteiger partial charge in [0.25, 0.3) is 5.91 Å². The standard InChI is InChI=1S/C14H17Br2NO2/c1-19-11-2-3-13(16)12(8-11)14(18)17-6-4-10(9-15)5-7-17/h2-3,8,10H,4-7,9H2,1H3. The largest absolute Gasteiger partial charge is 0.497 e. The van der Waals surface area contributed by atoms with Gasteiger partial charge in [0, 0.05) is 22.9 Å². The second-order valence-corrected chi connectivity index (χ2v) is 6.24. The monoisotopic (exact) mass is 389 g/mol. The summed E-state index contributed by atoms with van der Waals surface area (Å²) in [5.74, 6) is 1.48. The number of ether oxygens (including phenoxy) is 1. The quantitative estimate of drug-likeness (QED) is 0.736. The molecule has 1 aromatic carbocycles. The molecule has 0 saturated carbocycles. The van der Waals surface area contributed by atoms with Crippen LogP contribution in [0.2, 0.25) is 0 Å². The first kappa shape index (κ1) is 14.9. The lowest BCUT2D eigenvalue weighted by Gasteiger charge is -2.31. The highest BCUT2D eigenvalue weighted by molar-refractivity contribution is 9.10. The third-order valence-electron chi connectivity index (χ3n) is 3.52. The molecule has 1 heterocycles. The Bertz CT molecular complexity index is 457. The molecule has 0 radical (unpaired) electrons. The van der Waals surface area contributed by atoms with E-state index in [0.717, 1.165) is 35.7 Å². The lowest BCUT2D eigenvalue weighted by Crippen LogP contribution is -2.38. The van der Waals surface area contributed by atoms with E-state index in [1.807, 2.05) is 17.0 Å². The molecule has 1 saturated heterocycles. The van der Waals surface area contributed by atoms with Crippen molar-refractivity contribution in [2.75, 3.05) is 25.5 Å². The van der Waals surface area contributed by atoms with Crippen LogP contribution in [0.3, 0.4) is 0 Å². The molecule has 5 heteroatoms. The molecule has 1 aliphatic heterocycles. The van der Waals surface area contributed by atoms with E-state index in [1.54, 1.807) is 13.2 Å². The normalized spacial score (nSPS) is 16.5. The average molecular weight is 391 g/mol. The minimum Gasteiger partial charge on any atom is -0.497 e. The van der Waals surface area contributed by atoms with Crippen molar-refractivity contribution in [1.82, 2.24) is 4.90 Å². The smallest absolute Gasteiger partial charge is 0.255 e. The van der Waals surface area contributed by atoms with Crippen molar-refractivity contribution < 1.29 is 9.53 Å². The van der Waals surface area contributed by atoms with E-state index >= 15 is 0 Å². The molecule has 0 N–H and O–H groups in total. The molecule has 0 unspecified atom stereocenters. The van der Waals surface area contributed by atoms with Crippen LogP contribution in [0.1, 0.15) is 23.2 Å². The molecule has 1 aliphatic rings. The summed E-state index contributed by atoms with van der Waals surface area (Å²) in [6.07, 6.45) is 2.14. The Morgan fingerprint density at radius 1 is 1.42 bits per heavy atom. The van der Waals surface area contributed by atoms with Crippen molar-refractivity contribution >= 4 is 37.8 Å². The van der Waals surface area contributed by atoms with Gasteiger partial charge in [-0.25, -0.2) is 0 Å². The Labute approximate surface area is 130 Å². The van der Waals surface area contributed by atoms with E-state index in [1.165, 1.54) is 0 Å². The summed E-state index contributed by atoms with van der Waals surface area (Å²) in [4.78, 5) is 14.4. The molecule has 3 nitrogen and oxygen atoms in total. The number of benzene rings is 1. The molecule has 1 fully saturated rings. The van der Waals surface area contributed by atoms with Gasteiger partial charge in [0.1, 0.15) is 5.75 Å². The summed E-state index contributed by atoms with van der Waals surface area (Å²) in [5, 5.41) is 1.03. The molecule has 0 aliphatic carbocycles. The minimum atomic E-state index is 0.0822. The van der Waals surface area contributed by atoms with Gasteiger partial charge in [-0.2, -0.15) is 0 Å². The molecule has 2 rings (SSSR count). The van der Waals surface area contributed by atoms with Crippen LogP contribution in [0.25, 0.3) is 0 Å². The lowest BCUT2D eigenvalue weighted by atomic mass is 9.98. The first-order valence-corrected chi connectivity index (χ1v) is 8.26. The summed E-state index contributed by atoms with van der Waals surface area (Å²) in [7, 11) is 1.61. The Balaban J connectivity index is 2.11. The number of carbonyl (C=O) groups excluding carboxylic acids is 1. The second-order valence-electron chi connectivity index (χ2n) is 4.74. The highest BCUT2D eigenvalue weighted by atomic mass is 79.9. The molecule has 104 valence electrons. The SMILES string of the molecule is COc1ccc(Br)c(C(=O)N2CCC(CBr)CC2)c1. The van der Waals surface area contributed by atoms with Gasteiger partial charge < -0.3 is 9.64 Å². The maximum absolute atomic E-state index is 12.5. The number of hydrogen-bond acceptors (Lipinski definition) is 2. The van der Waals surface area contributed by atoms with Crippen molar-refractivity contribution in [2.45, 2.75) is 12.8 Å². The van der Waals surface area contributed by atoms with Gasteiger partial charge >= 0.3 is 0 Å². The Kier molecular flexibility index (Phi) is 5.28. The molecule has 1 amide bonds. The van der Waals surface area contributed by atoms with Crippen LogP contribution in [-0.2, 0) is 0 Å². The summed E-state index contributed by atoms with van der Waals surface area (Å²) < 4.78 is 6.00. The third kappa shape index (κ3) is 3.51. The Hall–Kier alpha value is -0.550. The van der Waals surface area contributed by atoms with Gasteiger partial charge in [-0.3, -0.25) is 4.79 Å². The molecule has 0 spiro atoms. The fourth-order valence-corrected chi connectivity index (χ4v) is 3.32. The zero-order chi connectivity index (χ0) is 13.8. The first-order valence-electron chi connectivity index (χ1n) is 6.34. The van der Waals surface area contributed by atoms with Crippen LogP contribution < -0.4 is 4.74 Å². The highest BCUT2D eigenvalue weighted by Crippen LogP contribution is 2.26. The summed E-state index contributed by atoms with van der Waals surface area (Å²) in [6, 6.07) is 5.50. The van der Waals surface area contributed by atoms with E-state index in [9.17, 15) is 4.79 Å². The molecule has 19 heavy (non-hydrogen) atoms. The number of amides is 1. The van der Waals surface area contributed by atoms with Crippen LogP contribution in [-0.4, -0.2) is 36.3 Å². The predicted octanol–water partition coefficient (Wildman–Crippen LogP) is 3.70.